The Balaban J connectivity index is 1.88. The normalized spacial score (nSPS) is 11.8. The number of benzene rings is 2. The summed E-state index contributed by atoms with van der Waals surface area (Å²) < 4.78 is 10.7. The fourth-order valence-corrected chi connectivity index (χ4v) is 2.23. The van der Waals surface area contributed by atoms with Gasteiger partial charge in [0.05, 0.1) is 12.3 Å². The Bertz CT molecular complexity index is 865. The summed E-state index contributed by atoms with van der Waals surface area (Å²) in [6.45, 7) is 3.69. The van der Waals surface area contributed by atoms with Crippen molar-refractivity contribution < 1.29 is 13.9 Å². The average molecular weight is 296 g/mol. The van der Waals surface area contributed by atoms with E-state index >= 15 is 0 Å². The predicted octanol–water partition coefficient (Wildman–Crippen LogP) is 3.94. The van der Waals surface area contributed by atoms with Crippen LogP contribution >= 0.6 is 0 Å². The molecule has 1 heterocycles. The van der Waals surface area contributed by atoms with Gasteiger partial charge in [0.2, 0.25) is 0 Å². The van der Waals surface area contributed by atoms with Gasteiger partial charge in [0, 0.05) is 16.8 Å². The molecule has 0 unspecified atom stereocenters. The zero-order valence-electron chi connectivity index (χ0n) is 12.4. The number of furan rings is 1. The first kappa shape index (κ1) is 14.1. The van der Waals surface area contributed by atoms with Crippen LogP contribution in [0.15, 0.2) is 52.0 Å². The van der Waals surface area contributed by atoms with E-state index < -0.39 is 5.97 Å². The molecule has 0 fully saturated rings. The quantitative estimate of drug-likeness (QED) is 0.450. The van der Waals surface area contributed by atoms with E-state index in [1.165, 1.54) is 0 Å². The molecule has 0 spiro atoms. The van der Waals surface area contributed by atoms with E-state index in [4.69, 9.17) is 9.15 Å². The van der Waals surface area contributed by atoms with Gasteiger partial charge in [0.15, 0.2) is 0 Å². The third-order valence-corrected chi connectivity index (χ3v) is 3.30. The second-order valence-corrected chi connectivity index (χ2v) is 4.84. The van der Waals surface area contributed by atoms with Crippen LogP contribution in [-0.4, -0.2) is 18.3 Å². The molecule has 0 radical (unpaired) electrons. The largest absolute Gasteiger partial charge is 0.461 e. The molecule has 5 heteroatoms. The number of hydrogen-bond acceptors (Lipinski definition) is 5. The molecule has 0 saturated heterocycles. The third kappa shape index (κ3) is 2.65. The molecule has 22 heavy (non-hydrogen) atoms. The van der Waals surface area contributed by atoms with E-state index in [2.05, 4.69) is 10.5 Å². The van der Waals surface area contributed by atoms with Crippen molar-refractivity contribution >= 4 is 39.3 Å². The van der Waals surface area contributed by atoms with Gasteiger partial charge in [0.1, 0.15) is 16.9 Å². The minimum Gasteiger partial charge on any atom is -0.461 e. The molecular formula is C17H16N2O3. The topological polar surface area (TPSA) is 63.8 Å². The van der Waals surface area contributed by atoms with E-state index in [0.717, 1.165) is 27.6 Å². The van der Waals surface area contributed by atoms with Crippen molar-refractivity contribution in [2.75, 3.05) is 12.0 Å². The van der Waals surface area contributed by atoms with Crippen LogP contribution in [0.25, 0.3) is 21.9 Å². The highest BCUT2D eigenvalue weighted by Crippen LogP contribution is 2.30. The smallest absolute Gasteiger partial charge is 0.354 e. The Hall–Kier alpha value is -2.82. The van der Waals surface area contributed by atoms with Crippen molar-refractivity contribution in [3.63, 3.8) is 0 Å². The van der Waals surface area contributed by atoms with Gasteiger partial charge >= 0.3 is 5.97 Å². The summed E-state index contributed by atoms with van der Waals surface area (Å²) in [4.78, 5) is 11.5. The van der Waals surface area contributed by atoms with Gasteiger partial charge < -0.3 is 9.15 Å². The lowest BCUT2D eigenvalue weighted by atomic mass is 10.1. The Kier molecular flexibility index (Phi) is 3.78. The van der Waals surface area contributed by atoms with Crippen molar-refractivity contribution in [2.24, 2.45) is 5.10 Å². The van der Waals surface area contributed by atoms with E-state index in [9.17, 15) is 4.79 Å². The number of nitrogens with zero attached hydrogens (tertiary/aromatic N) is 1. The van der Waals surface area contributed by atoms with E-state index in [1.54, 1.807) is 13.8 Å². The number of para-hydroxylation sites is 1. The monoisotopic (exact) mass is 296 g/mol. The first-order valence-corrected chi connectivity index (χ1v) is 7.07. The van der Waals surface area contributed by atoms with Crippen LogP contribution in [0.3, 0.4) is 0 Å². The summed E-state index contributed by atoms with van der Waals surface area (Å²) in [6, 6.07) is 13.6. The van der Waals surface area contributed by atoms with Crippen molar-refractivity contribution in [2.45, 2.75) is 13.8 Å². The highest BCUT2D eigenvalue weighted by molar-refractivity contribution is 6.35. The zero-order valence-corrected chi connectivity index (χ0v) is 12.4. The van der Waals surface area contributed by atoms with Gasteiger partial charge in [0.25, 0.3) is 0 Å². The van der Waals surface area contributed by atoms with Gasteiger partial charge in [-0.15, -0.1) is 0 Å². The lowest BCUT2D eigenvalue weighted by Crippen LogP contribution is -2.15. The van der Waals surface area contributed by atoms with Gasteiger partial charge in [-0.05, 0) is 32.0 Å². The first-order valence-electron chi connectivity index (χ1n) is 7.07. The molecule has 1 N–H and O–H groups in total. The standard InChI is InChI=1S/C17H16N2O3/c1-3-21-17(20)11(2)18-19-12-8-9-14-13-6-4-5-7-15(13)22-16(14)10-12/h4-10,19H,3H2,1-2H3/b18-11-. The number of carbonyl (C=O) groups excluding carboxylic acids is 1. The van der Waals surface area contributed by atoms with Crippen LogP contribution in [0, 0.1) is 0 Å². The summed E-state index contributed by atoms with van der Waals surface area (Å²) in [6.07, 6.45) is 0. The van der Waals surface area contributed by atoms with Crippen molar-refractivity contribution in [1.82, 2.24) is 0 Å². The van der Waals surface area contributed by atoms with E-state index in [0.29, 0.717) is 6.61 Å². The molecule has 112 valence electrons. The molecule has 1 aromatic heterocycles. The number of anilines is 1. The fourth-order valence-electron chi connectivity index (χ4n) is 2.23. The van der Waals surface area contributed by atoms with Gasteiger partial charge in [-0.25, -0.2) is 4.79 Å². The van der Waals surface area contributed by atoms with Crippen LogP contribution in [0.4, 0.5) is 5.69 Å². The second kappa shape index (κ2) is 5.89. The molecule has 2 aromatic carbocycles. The van der Waals surface area contributed by atoms with Crippen molar-refractivity contribution in [3.8, 4) is 0 Å². The third-order valence-electron chi connectivity index (χ3n) is 3.30. The van der Waals surface area contributed by atoms with Gasteiger partial charge in [-0.1, -0.05) is 18.2 Å². The fraction of sp³-hybridized carbons (Fsp3) is 0.176. The molecule has 0 amide bonds. The Labute approximate surface area is 127 Å². The molecule has 0 aliphatic rings. The van der Waals surface area contributed by atoms with Crippen LogP contribution in [0.5, 0.6) is 0 Å². The number of rotatable bonds is 4. The van der Waals surface area contributed by atoms with Crippen LogP contribution < -0.4 is 5.43 Å². The maximum absolute atomic E-state index is 11.5. The molecule has 3 aromatic rings. The Morgan fingerprint density at radius 3 is 2.77 bits per heavy atom. The molecule has 0 bridgehead atoms. The number of esters is 1. The van der Waals surface area contributed by atoms with Gasteiger partial charge in [-0.2, -0.15) is 5.10 Å². The number of carbonyl (C=O) groups is 1. The molecule has 0 saturated carbocycles. The van der Waals surface area contributed by atoms with Crippen LogP contribution in [-0.2, 0) is 9.53 Å². The molecule has 0 aliphatic heterocycles. The highest BCUT2D eigenvalue weighted by atomic mass is 16.5. The summed E-state index contributed by atoms with van der Waals surface area (Å²) >= 11 is 0. The lowest BCUT2D eigenvalue weighted by molar-refractivity contribution is -0.135. The molecule has 0 aliphatic carbocycles. The Morgan fingerprint density at radius 1 is 1.18 bits per heavy atom. The summed E-state index contributed by atoms with van der Waals surface area (Å²) in [5.41, 5.74) is 5.48. The molecular weight excluding hydrogens is 280 g/mol. The van der Waals surface area contributed by atoms with Crippen molar-refractivity contribution in [3.05, 3.63) is 42.5 Å². The number of fused-ring (bicyclic) bond motifs is 3. The first-order chi connectivity index (χ1) is 10.7. The maximum Gasteiger partial charge on any atom is 0.354 e. The van der Waals surface area contributed by atoms with Gasteiger partial charge in [-0.3, -0.25) is 5.43 Å². The number of hydrogen-bond donors (Lipinski definition) is 1. The summed E-state index contributed by atoms with van der Waals surface area (Å²) in [7, 11) is 0. The number of ether oxygens (including phenoxy) is 1. The highest BCUT2D eigenvalue weighted by Gasteiger charge is 2.08. The minimum atomic E-state index is -0.431. The molecule has 0 atom stereocenters. The Morgan fingerprint density at radius 2 is 1.95 bits per heavy atom. The van der Waals surface area contributed by atoms with Crippen LogP contribution in [0.2, 0.25) is 0 Å². The second-order valence-electron chi connectivity index (χ2n) is 4.84. The predicted molar refractivity (Wildman–Crippen MR) is 87.1 cm³/mol. The molecule has 3 rings (SSSR count). The van der Waals surface area contributed by atoms with Crippen molar-refractivity contribution in [1.29, 1.82) is 0 Å². The SMILES string of the molecule is CCOC(=O)/C(C)=N\Nc1ccc2c(c1)oc1ccccc12. The molecule has 5 nitrogen and oxygen atoms in total. The zero-order chi connectivity index (χ0) is 15.5. The summed E-state index contributed by atoms with van der Waals surface area (Å²) in [5, 5.41) is 6.15. The van der Waals surface area contributed by atoms with E-state index in [1.807, 2.05) is 42.5 Å². The van der Waals surface area contributed by atoms with Crippen LogP contribution in [0.1, 0.15) is 13.8 Å². The number of hydrazone groups is 1. The number of nitrogens with one attached hydrogen (secondary N) is 1. The van der Waals surface area contributed by atoms with E-state index in [-0.39, 0.29) is 5.71 Å². The summed E-state index contributed by atoms with van der Waals surface area (Å²) in [5.74, 6) is -0.431. The average Bonchev–Trinajstić information content (AvgIpc) is 2.90. The minimum absolute atomic E-state index is 0.270. The lowest BCUT2D eigenvalue weighted by Gasteiger charge is -2.03. The maximum atomic E-state index is 11.5.